The van der Waals surface area contributed by atoms with E-state index >= 15 is 0 Å². The van der Waals surface area contributed by atoms with Gasteiger partial charge in [0.25, 0.3) is 0 Å². The van der Waals surface area contributed by atoms with Crippen LogP contribution in [0.3, 0.4) is 0 Å². The third-order valence-electron chi connectivity index (χ3n) is 1.19. The fraction of sp³-hybridized carbons (Fsp3) is 0.400. The predicted molar refractivity (Wildman–Crippen MR) is 32.4 cm³/mol. The lowest BCUT2D eigenvalue weighted by Gasteiger charge is -2.03. The first-order valence-corrected chi connectivity index (χ1v) is 2.78. The first-order chi connectivity index (χ1) is 4.72. The van der Waals surface area contributed by atoms with Crippen LogP contribution in [0.5, 0.6) is 0 Å². The average molecular weight is 141 g/mol. The molecule has 0 amide bonds. The molecule has 0 aromatic carbocycles. The molecule has 0 bridgehead atoms. The van der Waals surface area contributed by atoms with Gasteiger partial charge in [0.2, 0.25) is 0 Å². The van der Waals surface area contributed by atoms with Crippen LogP contribution < -0.4 is 0 Å². The molecule has 0 aliphatic heterocycles. The number of carbonyl (C=O) groups is 1. The number of carboxylic acid groups (broad SMARTS) is 1. The van der Waals surface area contributed by atoms with Gasteiger partial charge >= 0.3 is 5.97 Å². The largest absolute Gasteiger partial charge is 0.480 e. The molecule has 1 aromatic rings. The summed E-state index contributed by atoms with van der Waals surface area (Å²) in [5.41, 5.74) is 0. The van der Waals surface area contributed by atoms with E-state index in [2.05, 4.69) is 10.1 Å². The quantitative estimate of drug-likeness (QED) is 0.625. The molecule has 1 aromatic heterocycles. The van der Waals surface area contributed by atoms with Crippen LogP contribution in [0.2, 0.25) is 0 Å². The highest BCUT2D eigenvalue weighted by Gasteiger charge is 2.12. The van der Waals surface area contributed by atoms with Crippen LogP contribution in [-0.4, -0.2) is 25.8 Å². The number of aliphatic carboxylic acids is 1. The summed E-state index contributed by atoms with van der Waals surface area (Å²) in [6, 6.07) is -0.637. The molecule has 10 heavy (non-hydrogen) atoms. The summed E-state index contributed by atoms with van der Waals surface area (Å²) in [5.74, 6) is -0.912. The van der Waals surface area contributed by atoms with Gasteiger partial charge in [-0.05, 0) is 6.92 Å². The number of hydrogen-bond acceptors (Lipinski definition) is 3. The summed E-state index contributed by atoms with van der Waals surface area (Å²) in [5, 5.41) is 12.1. The van der Waals surface area contributed by atoms with E-state index in [0.29, 0.717) is 0 Å². The number of nitrogens with zero attached hydrogens (tertiary/aromatic N) is 3. The molecule has 5 nitrogen and oxygen atoms in total. The van der Waals surface area contributed by atoms with Crippen LogP contribution in [-0.2, 0) is 4.79 Å². The maximum absolute atomic E-state index is 10.3. The standard InChI is InChI=1S/C5H7N3O2/c1-4(5(9)10)8-3-6-2-7-8/h2-4H,1H3,(H,9,10)/t4-/m1/s1. The van der Waals surface area contributed by atoms with Crippen molar-refractivity contribution in [2.75, 3.05) is 0 Å². The Bertz CT molecular complexity index is 219. The summed E-state index contributed by atoms with van der Waals surface area (Å²) >= 11 is 0. The Labute approximate surface area is 57.3 Å². The van der Waals surface area contributed by atoms with Gasteiger partial charge in [0.05, 0.1) is 0 Å². The van der Waals surface area contributed by atoms with Gasteiger partial charge in [0, 0.05) is 0 Å². The molecular weight excluding hydrogens is 134 g/mol. The highest BCUT2D eigenvalue weighted by molar-refractivity contribution is 5.71. The van der Waals surface area contributed by atoms with E-state index in [0.717, 1.165) is 0 Å². The van der Waals surface area contributed by atoms with Gasteiger partial charge in [-0.25, -0.2) is 14.5 Å². The van der Waals surface area contributed by atoms with Gasteiger partial charge in [-0.2, -0.15) is 5.10 Å². The summed E-state index contributed by atoms with van der Waals surface area (Å²) in [6.45, 7) is 1.54. The third-order valence-corrected chi connectivity index (χ3v) is 1.19. The summed E-state index contributed by atoms with van der Waals surface area (Å²) < 4.78 is 1.28. The van der Waals surface area contributed by atoms with E-state index in [1.165, 1.54) is 24.3 Å². The van der Waals surface area contributed by atoms with Crippen molar-refractivity contribution in [2.24, 2.45) is 0 Å². The maximum atomic E-state index is 10.3. The van der Waals surface area contributed by atoms with Gasteiger partial charge < -0.3 is 5.11 Å². The Kier molecular flexibility index (Phi) is 1.66. The van der Waals surface area contributed by atoms with Crippen molar-refractivity contribution < 1.29 is 9.90 Å². The van der Waals surface area contributed by atoms with E-state index in [9.17, 15) is 4.79 Å². The predicted octanol–water partition coefficient (Wildman–Crippen LogP) is -0.0763. The molecule has 1 heterocycles. The second-order valence-corrected chi connectivity index (χ2v) is 1.89. The summed E-state index contributed by atoms with van der Waals surface area (Å²) in [7, 11) is 0. The van der Waals surface area contributed by atoms with Gasteiger partial charge in [-0.3, -0.25) is 0 Å². The number of rotatable bonds is 2. The Balaban J connectivity index is 2.77. The number of carboxylic acids is 1. The minimum atomic E-state index is -0.912. The van der Waals surface area contributed by atoms with Gasteiger partial charge in [-0.15, -0.1) is 0 Å². The van der Waals surface area contributed by atoms with E-state index in [4.69, 9.17) is 5.11 Å². The second kappa shape index (κ2) is 2.47. The van der Waals surface area contributed by atoms with Crippen LogP contribution >= 0.6 is 0 Å². The summed E-state index contributed by atoms with van der Waals surface area (Å²) in [4.78, 5) is 13.9. The minimum absolute atomic E-state index is 0.637. The molecule has 0 radical (unpaired) electrons. The minimum Gasteiger partial charge on any atom is -0.480 e. The number of aromatic nitrogens is 3. The van der Waals surface area contributed by atoms with Crippen LogP contribution in [0.1, 0.15) is 13.0 Å². The molecule has 0 saturated carbocycles. The van der Waals surface area contributed by atoms with Gasteiger partial charge in [-0.1, -0.05) is 0 Å². The summed E-state index contributed by atoms with van der Waals surface area (Å²) in [6.07, 6.45) is 2.68. The van der Waals surface area contributed by atoms with Crippen molar-refractivity contribution >= 4 is 5.97 Å². The molecule has 0 unspecified atom stereocenters. The van der Waals surface area contributed by atoms with Crippen molar-refractivity contribution in [2.45, 2.75) is 13.0 Å². The zero-order valence-corrected chi connectivity index (χ0v) is 5.43. The smallest absolute Gasteiger partial charge is 0.328 e. The normalized spacial score (nSPS) is 12.9. The molecule has 5 heteroatoms. The molecule has 0 aliphatic rings. The molecule has 1 atom stereocenters. The van der Waals surface area contributed by atoms with Gasteiger partial charge in [0.1, 0.15) is 18.7 Å². The lowest BCUT2D eigenvalue weighted by Crippen LogP contribution is -2.15. The van der Waals surface area contributed by atoms with Crippen molar-refractivity contribution in [1.29, 1.82) is 0 Å². The monoisotopic (exact) mass is 141 g/mol. The van der Waals surface area contributed by atoms with Crippen LogP contribution in [0, 0.1) is 0 Å². The highest BCUT2D eigenvalue weighted by Crippen LogP contribution is 1.99. The third kappa shape index (κ3) is 1.12. The fourth-order valence-electron chi connectivity index (χ4n) is 0.531. The first-order valence-electron chi connectivity index (χ1n) is 2.78. The Morgan fingerprint density at radius 2 is 2.50 bits per heavy atom. The van der Waals surface area contributed by atoms with Crippen molar-refractivity contribution in [3.63, 3.8) is 0 Å². The van der Waals surface area contributed by atoms with Crippen molar-refractivity contribution in [1.82, 2.24) is 14.8 Å². The highest BCUT2D eigenvalue weighted by atomic mass is 16.4. The first kappa shape index (κ1) is 6.73. The molecule has 0 spiro atoms. The Hall–Kier alpha value is -1.39. The van der Waals surface area contributed by atoms with Gasteiger partial charge in [0.15, 0.2) is 0 Å². The molecule has 1 N–H and O–H groups in total. The van der Waals surface area contributed by atoms with Crippen molar-refractivity contribution in [3.8, 4) is 0 Å². The zero-order valence-electron chi connectivity index (χ0n) is 5.43. The molecule has 0 fully saturated rings. The van der Waals surface area contributed by atoms with E-state index < -0.39 is 12.0 Å². The Morgan fingerprint density at radius 1 is 1.80 bits per heavy atom. The van der Waals surface area contributed by atoms with E-state index in [1.807, 2.05) is 0 Å². The van der Waals surface area contributed by atoms with Crippen LogP contribution in [0.25, 0.3) is 0 Å². The average Bonchev–Trinajstić information content (AvgIpc) is 2.36. The zero-order chi connectivity index (χ0) is 7.56. The van der Waals surface area contributed by atoms with E-state index in [-0.39, 0.29) is 0 Å². The Morgan fingerprint density at radius 3 is 2.90 bits per heavy atom. The SMILES string of the molecule is C[C@H](C(=O)O)n1cncn1. The molecule has 0 saturated heterocycles. The molecular formula is C5H7N3O2. The van der Waals surface area contributed by atoms with Crippen LogP contribution in [0.15, 0.2) is 12.7 Å². The molecule has 0 aliphatic carbocycles. The second-order valence-electron chi connectivity index (χ2n) is 1.89. The molecule has 1 rings (SSSR count). The van der Waals surface area contributed by atoms with Crippen LogP contribution in [0.4, 0.5) is 0 Å². The topological polar surface area (TPSA) is 68.0 Å². The van der Waals surface area contributed by atoms with Crippen molar-refractivity contribution in [3.05, 3.63) is 12.7 Å². The van der Waals surface area contributed by atoms with E-state index in [1.54, 1.807) is 0 Å². The lowest BCUT2D eigenvalue weighted by atomic mass is 10.4. The molecule has 54 valence electrons. The maximum Gasteiger partial charge on any atom is 0.328 e. The fourth-order valence-corrected chi connectivity index (χ4v) is 0.531. The lowest BCUT2D eigenvalue weighted by molar-refractivity contribution is -0.140. The number of hydrogen-bond donors (Lipinski definition) is 1.